The Morgan fingerprint density at radius 3 is 2.91 bits per heavy atom. The van der Waals surface area contributed by atoms with Crippen LogP contribution in [-0.4, -0.2) is 40.1 Å². The van der Waals surface area contributed by atoms with Crippen LogP contribution in [0.1, 0.15) is 18.4 Å². The number of thioether (sulfide) groups is 1. The molecule has 2 aliphatic heterocycles. The molecule has 23 heavy (non-hydrogen) atoms. The van der Waals surface area contributed by atoms with Gasteiger partial charge in [-0.15, -0.1) is 11.8 Å². The second-order valence-electron chi connectivity index (χ2n) is 5.51. The molecule has 7 heteroatoms. The molecular weight excluding hydrogens is 314 g/mol. The summed E-state index contributed by atoms with van der Waals surface area (Å²) in [6.45, 7) is 0.163. The van der Waals surface area contributed by atoms with Crippen molar-refractivity contribution in [1.82, 2.24) is 10.2 Å². The normalized spacial score (nSPS) is 26.3. The number of nitrogens with zero attached hydrogens (tertiary/aromatic N) is 2. The zero-order chi connectivity index (χ0) is 16.2. The Labute approximate surface area is 138 Å². The van der Waals surface area contributed by atoms with Crippen molar-refractivity contribution in [2.24, 2.45) is 0 Å². The predicted octanol–water partition coefficient (Wildman–Crippen LogP) is 1.87. The Morgan fingerprint density at radius 2 is 2.17 bits per heavy atom. The summed E-state index contributed by atoms with van der Waals surface area (Å²) in [5.74, 6) is 0.451. The Balaban J connectivity index is 1.54. The Bertz CT molecular complexity index is 631. The van der Waals surface area contributed by atoms with Crippen LogP contribution in [0.25, 0.3) is 0 Å². The lowest BCUT2D eigenvalue weighted by molar-refractivity contribution is -0.137. The highest BCUT2D eigenvalue weighted by atomic mass is 32.2. The quantitative estimate of drug-likeness (QED) is 0.914. The molecule has 6 nitrogen and oxygen atoms in total. The summed E-state index contributed by atoms with van der Waals surface area (Å²) in [6, 6.07) is 10.5. The van der Waals surface area contributed by atoms with Gasteiger partial charge in [0.1, 0.15) is 18.7 Å². The van der Waals surface area contributed by atoms with E-state index in [1.165, 1.54) is 0 Å². The lowest BCUT2D eigenvalue weighted by Crippen LogP contribution is -2.55. The predicted molar refractivity (Wildman–Crippen MR) is 85.3 cm³/mol. The van der Waals surface area contributed by atoms with Gasteiger partial charge in [0.2, 0.25) is 5.91 Å². The van der Waals surface area contributed by atoms with Crippen LogP contribution in [0.5, 0.6) is 0 Å². The van der Waals surface area contributed by atoms with E-state index in [0.29, 0.717) is 12.2 Å². The van der Waals surface area contributed by atoms with Crippen molar-refractivity contribution in [2.75, 3.05) is 5.75 Å². The number of fused-ring (bicyclic) bond motifs is 1. The van der Waals surface area contributed by atoms with Crippen molar-refractivity contribution in [1.29, 1.82) is 5.26 Å². The number of rotatable bonds is 3. The molecule has 3 rings (SSSR count). The van der Waals surface area contributed by atoms with Gasteiger partial charge in [0.05, 0.1) is 11.4 Å². The number of carbonyl (C=O) groups excluding carboxylic acids is 2. The van der Waals surface area contributed by atoms with Crippen LogP contribution in [0.3, 0.4) is 0 Å². The number of alkyl carbamates (subject to hydrolysis) is 1. The van der Waals surface area contributed by atoms with Crippen LogP contribution in [0.15, 0.2) is 30.3 Å². The molecule has 2 amide bonds. The maximum absolute atomic E-state index is 12.5. The summed E-state index contributed by atoms with van der Waals surface area (Å²) in [5.41, 5.74) is 0.887. The maximum atomic E-state index is 12.5. The van der Waals surface area contributed by atoms with Crippen molar-refractivity contribution in [2.45, 2.75) is 36.9 Å². The van der Waals surface area contributed by atoms with Gasteiger partial charge in [-0.1, -0.05) is 30.3 Å². The first kappa shape index (κ1) is 15.7. The van der Waals surface area contributed by atoms with Crippen LogP contribution in [0, 0.1) is 11.3 Å². The van der Waals surface area contributed by atoms with E-state index < -0.39 is 18.2 Å². The topological polar surface area (TPSA) is 82.4 Å². The standard InChI is InChI=1S/C16H17N3O3S/c17-8-12-10-23-14-7-6-13(15(20)19(12)14)18-16(21)22-9-11-4-2-1-3-5-11/h1-5,12-14H,6-7,9-10H2,(H,18,21)/t12-,13+,14+/m1/s1. The van der Waals surface area contributed by atoms with Gasteiger partial charge in [0.15, 0.2) is 0 Å². The molecule has 2 heterocycles. The van der Waals surface area contributed by atoms with Crippen LogP contribution in [0.2, 0.25) is 0 Å². The van der Waals surface area contributed by atoms with Crippen molar-refractivity contribution in [3.63, 3.8) is 0 Å². The van der Waals surface area contributed by atoms with E-state index in [2.05, 4.69) is 11.4 Å². The molecule has 120 valence electrons. The molecule has 3 atom stereocenters. The second-order valence-corrected chi connectivity index (χ2v) is 6.73. The minimum Gasteiger partial charge on any atom is -0.445 e. The molecule has 1 aromatic rings. The van der Waals surface area contributed by atoms with E-state index in [4.69, 9.17) is 10.00 Å². The highest BCUT2D eigenvalue weighted by Crippen LogP contribution is 2.36. The molecule has 1 N–H and O–H groups in total. The maximum Gasteiger partial charge on any atom is 0.408 e. The highest BCUT2D eigenvalue weighted by molar-refractivity contribution is 8.00. The van der Waals surface area contributed by atoms with E-state index in [9.17, 15) is 9.59 Å². The van der Waals surface area contributed by atoms with Crippen LogP contribution in [0.4, 0.5) is 4.79 Å². The average Bonchev–Trinajstić information content (AvgIpc) is 3.00. The Kier molecular flexibility index (Phi) is 4.72. The number of benzene rings is 1. The minimum atomic E-state index is -0.607. The molecular formula is C16H17N3O3S. The van der Waals surface area contributed by atoms with E-state index in [-0.39, 0.29) is 17.9 Å². The van der Waals surface area contributed by atoms with Crippen LogP contribution in [-0.2, 0) is 16.1 Å². The lowest BCUT2D eigenvalue weighted by Gasteiger charge is -2.35. The molecule has 1 aromatic carbocycles. The first-order valence-corrected chi connectivity index (χ1v) is 8.54. The third-order valence-electron chi connectivity index (χ3n) is 4.00. The summed E-state index contributed by atoms with van der Waals surface area (Å²) in [5, 5.41) is 11.8. The number of amides is 2. The van der Waals surface area contributed by atoms with Crippen molar-refractivity contribution >= 4 is 23.8 Å². The Hall–Kier alpha value is -2.20. The van der Waals surface area contributed by atoms with Crippen LogP contribution < -0.4 is 5.32 Å². The third-order valence-corrected chi connectivity index (χ3v) is 5.36. The van der Waals surface area contributed by atoms with Gasteiger partial charge < -0.3 is 15.0 Å². The summed E-state index contributed by atoms with van der Waals surface area (Å²) < 4.78 is 5.15. The van der Waals surface area contributed by atoms with Gasteiger partial charge in [-0.2, -0.15) is 5.26 Å². The average molecular weight is 331 g/mol. The smallest absolute Gasteiger partial charge is 0.408 e. The number of nitrogens with one attached hydrogen (secondary N) is 1. The highest BCUT2D eigenvalue weighted by Gasteiger charge is 2.44. The zero-order valence-electron chi connectivity index (χ0n) is 12.5. The van der Waals surface area contributed by atoms with E-state index in [1.807, 2.05) is 30.3 Å². The first-order valence-electron chi connectivity index (χ1n) is 7.49. The lowest BCUT2D eigenvalue weighted by atomic mass is 10.0. The second kappa shape index (κ2) is 6.92. The summed E-state index contributed by atoms with van der Waals surface area (Å²) in [6.07, 6.45) is 0.745. The van der Waals surface area contributed by atoms with Crippen molar-refractivity contribution < 1.29 is 14.3 Å². The van der Waals surface area contributed by atoms with Crippen LogP contribution >= 0.6 is 11.8 Å². The van der Waals surface area contributed by atoms with E-state index in [1.54, 1.807) is 16.7 Å². The zero-order valence-corrected chi connectivity index (χ0v) is 13.3. The molecule has 2 fully saturated rings. The molecule has 2 aliphatic rings. The number of nitriles is 1. The number of hydrogen-bond acceptors (Lipinski definition) is 5. The number of carbonyl (C=O) groups is 2. The van der Waals surface area contributed by atoms with Gasteiger partial charge in [0.25, 0.3) is 0 Å². The molecule has 0 saturated carbocycles. The molecule has 0 aromatic heterocycles. The third kappa shape index (κ3) is 3.42. The SMILES string of the molecule is N#C[C@@H]1CS[C@H]2CC[C@H](NC(=O)OCc3ccccc3)C(=O)N12. The molecule has 0 bridgehead atoms. The van der Waals surface area contributed by atoms with Gasteiger partial charge >= 0.3 is 6.09 Å². The van der Waals surface area contributed by atoms with E-state index in [0.717, 1.165) is 12.0 Å². The van der Waals surface area contributed by atoms with Gasteiger partial charge in [-0.3, -0.25) is 4.79 Å². The molecule has 2 saturated heterocycles. The molecule has 0 radical (unpaired) electrons. The minimum absolute atomic E-state index is 0.0607. The molecule has 0 spiro atoms. The first-order chi connectivity index (χ1) is 11.2. The largest absolute Gasteiger partial charge is 0.445 e. The summed E-state index contributed by atoms with van der Waals surface area (Å²) >= 11 is 1.63. The van der Waals surface area contributed by atoms with Crippen molar-refractivity contribution in [3.8, 4) is 6.07 Å². The van der Waals surface area contributed by atoms with Crippen molar-refractivity contribution in [3.05, 3.63) is 35.9 Å². The monoisotopic (exact) mass is 331 g/mol. The number of ether oxygens (including phenoxy) is 1. The summed E-state index contributed by atoms with van der Waals surface area (Å²) in [4.78, 5) is 26.0. The van der Waals surface area contributed by atoms with Gasteiger partial charge in [-0.25, -0.2) is 4.79 Å². The molecule has 0 aliphatic carbocycles. The fourth-order valence-corrected chi connectivity index (χ4v) is 4.19. The molecule has 0 unspecified atom stereocenters. The number of hydrogen-bond donors (Lipinski definition) is 1. The Morgan fingerprint density at radius 1 is 1.39 bits per heavy atom. The van der Waals surface area contributed by atoms with E-state index >= 15 is 0 Å². The fourth-order valence-electron chi connectivity index (χ4n) is 2.83. The summed E-state index contributed by atoms with van der Waals surface area (Å²) in [7, 11) is 0. The number of piperidine rings is 1. The van der Waals surface area contributed by atoms with Gasteiger partial charge in [-0.05, 0) is 18.4 Å². The van der Waals surface area contributed by atoms with Gasteiger partial charge in [0, 0.05) is 5.75 Å². The fraction of sp³-hybridized carbons (Fsp3) is 0.438.